The zero-order valence-corrected chi connectivity index (χ0v) is 12.5. The van der Waals surface area contributed by atoms with E-state index in [9.17, 15) is 4.39 Å². The number of halogens is 2. The summed E-state index contributed by atoms with van der Waals surface area (Å²) in [5.74, 6) is -0.379. The van der Waals surface area contributed by atoms with Crippen LogP contribution in [0.15, 0.2) is 24.4 Å². The van der Waals surface area contributed by atoms with Crippen molar-refractivity contribution in [3.8, 4) is 0 Å². The van der Waals surface area contributed by atoms with Crippen molar-refractivity contribution in [3.63, 3.8) is 0 Å². The second-order valence-corrected chi connectivity index (χ2v) is 5.92. The molecule has 0 bridgehead atoms. The molecule has 0 fully saturated rings. The maximum atomic E-state index is 13.3. The highest BCUT2D eigenvalue weighted by Crippen LogP contribution is 2.21. The molecule has 5 heteroatoms. The van der Waals surface area contributed by atoms with Crippen LogP contribution >= 0.6 is 22.9 Å². The van der Waals surface area contributed by atoms with E-state index in [2.05, 4.69) is 24.1 Å². The van der Waals surface area contributed by atoms with E-state index in [1.165, 1.54) is 10.9 Å². The van der Waals surface area contributed by atoms with Gasteiger partial charge in [-0.3, -0.25) is 0 Å². The van der Waals surface area contributed by atoms with E-state index in [0.717, 1.165) is 17.0 Å². The number of hydrogen-bond acceptors (Lipinski definition) is 3. The second kappa shape index (κ2) is 6.46. The largest absolute Gasteiger partial charge is 0.304 e. The number of aromatic nitrogens is 1. The molecular formula is C14H16ClFN2S. The SMILES string of the molecule is CCc1cnc(C(C)NCc2ccc(Cl)c(F)c2)s1. The molecule has 19 heavy (non-hydrogen) atoms. The molecule has 0 aliphatic rings. The number of rotatable bonds is 5. The monoisotopic (exact) mass is 298 g/mol. The van der Waals surface area contributed by atoms with E-state index >= 15 is 0 Å². The molecule has 1 atom stereocenters. The van der Waals surface area contributed by atoms with Gasteiger partial charge < -0.3 is 5.32 Å². The van der Waals surface area contributed by atoms with Crippen molar-refractivity contribution in [1.29, 1.82) is 0 Å². The van der Waals surface area contributed by atoms with E-state index in [0.29, 0.717) is 6.54 Å². The molecule has 0 radical (unpaired) electrons. The van der Waals surface area contributed by atoms with Gasteiger partial charge in [-0.25, -0.2) is 9.37 Å². The standard InChI is InChI=1S/C14H16ClFN2S/c1-3-11-8-18-14(19-11)9(2)17-7-10-4-5-12(15)13(16)6-10/h4-6,8-9,17H,3,7H2,1-2H3. The zero-order valence-electron chi connectivity index (χ0n) is 10.9. The number of hydrogen-bond donors (Lipinski definition) is 1. The van der Waals surface area contributed by atoms with Crippen LogP contribution in [0.4, 0.5) is 4.39 Å². The summed E-state index contributed by atoms with van der Waals surface area (Å²) in [6.07, 6.45) is 2.92. The Kier molecular flexibility index (Phi) is 4.91. The van der Waals surface area contributed by atoms with Crippen LogP contribution in [-0.4, -0.2) is 4.98 Å². The molecule has 1 aromatic heterocycles. The van der Waals surface area contributed by atoms with Crippen LogP contribution in [0.2, 0.25) is 5.02 Å². The van der Waals surface area contributed by atoms with Crippen molar-refractivity contribution in [2.75, 3.05) is 0 Å². The van der Waals surface area contributed by atoms with Gasteiger partial charge in [-0.05, 0) is 31.0 Å². The predicted octanol–water partition coefficient (Wildman–Crippen LogP) is 4.35. The first-order chi connectivity index (χ1) is 9.10. The van der Waals surface area contributed by atoms with E-state index in [-0.39, 0.29) is 16.9 Å². The molecule has 1 unspecified atom stereocenters. The van der Waals surface area contributed by atoms with Crippen LogP contribution in [-0.2, 0) is 13.0 Å². The molecule has 0 saturated heterocycles. The van der Waals surface area contributed by atoms with Crippen molar-refractivity contribution in [2.24, 2.45) is 0 Å². The first kappa shape index (κ1) is 14.4. The summed E-state index contributed by atoms with van der Waals surface area (Å²) in [5.41, 5.74) is 0.876. The fourth-order valence-corrected chi connectivity index (χ4v) is 2.70. The van der Waals surface area contributed by atoms with Gasteiger partial charge >= 0.3 is 0 Å². The molecule has 0 aliphatic carbocycles. The molecule has 0 amide bonds. The van der Waals surface area contributed by atoms with Crippen LogP contribution in [0.3, 0.4) is 0 Å². The number of nitrogens with one attached hydrogen (secondary N) is 1. The maximum absolute atomic E-state index is 13.3. The van der Waals surface area contributed by atoms with Crippen molar-refractivity contribution in [1.82, 2.24) is 10.3 Å². The summed E-state index contributed by atoms with van der Waals surface area (Å²) < 4.78 is 13.3. The van der Waals surface area contributed by atoms with Gasteiger partial charge in [-0.1, -0.05) is 24.6 Å². The van der Waals surface area contributed by atoms with Crippen molar-refractivity contribution < 1.29 is 4.39 Å². The topological polar surface area (TPSA) is 24.9 Å². The third-order valence-corrected chi connectivity index (χ3v) is 4.52. The molecule has 2 aromatic rings. The van der Waals surface area contributed by atoms with Gasteiger partial charge in [0.15, 0.2) is 0 Å². The van der Waals surface area contributed by atoms with Gasteiger partial charge in [0.2, 0.25) is 0 Å². The fraction of sp³-hybridized carbons (Fsp3) is 0.357. The molecule has 102 valence electrons. The molecular weight excluding hydrogens is 283 g/mol. The van der Waals surface area contributed by atoms with E-state index < -0.39 is 0 Å². The summed E-state index contributed by atoms with van der Waals surface area (Å²) in [5, 5.41) is 4.56. The average molecular weight is 299 g/mol. The van der Waals surface area contributed by atoms with Crippen molar-refractivity contribution >= 4 is 22.9 Å². The quantitative estimate of drug-likeness (QED) is 0.888. The van der Waals surface area contributed by atoms with Crippen molar-refractivity contribution in [3.05, 3.63) is 50.7 Å². The van der Waals surface area contributed by atoms with Gasteiger partial charge in [-0.15, -0.1) is 11.3 Å². The highest BCUT2D eigenvalue weighted by atomic mass is 35.5. The Morgan fingerprint density at radius 3 is 2.89 bits per heavy atom. The summed E-state index contributed by atoms with van der Waals surface area (Å²) >= 11 is 7.37. The van der Waals surface area contributed by atoms with Gasteiger partial charge in [-0.2, -0.15) is 0 Å². The lowest BCUT2D eigenvalue weighted by atomic mass is 10.2. The van der Waals surface area contributed by atoms with Crippen LogP contribution in [0.1, 0.15) is 35.3 Å². The third-order valence-electron chi connectivity index (χ3n) is 2.89. The Balaban J connectivity index is 1.95. The lowest BCUT2D eigenvalue weighted by molar-refractivity contribution is 0.567. The van der Waals surface area contributed by atoms with E-state index in [1.54, 1.807) is 17.4 Å². The molecule has 1 aromatic carbocycles. The Morgan fingerprint density at radius 1 is 1.47 bits per heavy atom. The first-order valence-electron chi connectivity index (χ1n) is 6.22. The molecule has 2 rings (SSSR count). The summed E-state index contributed by atoms with van der Waals surface area (Å²) in [6, 6.07) is 5.02. The number of benzene rings is 1. The van der Waals surface area contributed by atoms with E-state index in [1.807, 2.05) is 12.3 Å². The Hall–Kier alpha value is -0.970. The molecule has 0 aliphatic heterocycles. The molecule has 1 N–H and O–H groups in total. The first-order valence-corrected chi connectivity index (χ1v) is 7.41. The average Bonchev–Trinajstić information content (AvgIpc) is 2.88. The fourth-order valence-electron chi connectivity index (χ4n) is 1.69. The molecule has 1 heterocycles. The highest BCUT2D eigenvalue weighted by Gasteiger charge is 2.10. The minimum absolute atomic E-state index is 0.157. The lowest BCUT2D eigenvalue weighted by Crippen LogP contribution is -2.17. The minimum atomic E-state index is -0.379. The predicted molar refractivity (Wildman–Crippen MR) is 78.2 cm³/mol. The van der Waals surface area contributed by atoms with Crippen LogP contribution in [0.25, 0.3) is 0 Å². The summed E-state index contributed by atoms with van der Waals surface area (Å²) in [7, 11) is 0. The Labute approximate surface area is 121 Å². The third kappa shape index (κ3) is 3.75. The smallest absolute Gasteiger partial charge is 0.142 e. The van der Waals surface area contributed by atoms with Gasteiger partial charge in [0.05, 0.1) is 11.1 Å². The number of thiazole rings is 1. The summed E-state index contributed by atoms with van der Waals surface area (Å²) in [4.78, 5) is 5.67. The summed E-state index contributed by atoms with van der Waals surface area (Å²) in [6.45, 7) is 4.77. The van der Waals surface area contributed by atoms with Crippen molar-refractivity contribution in [2.45, 2.75) is 32.9 Å². The van der Waals surface area contributed by atoms with Gasteiger partial charge in [0.1, 0.15) is 10.8 Å². The van der Waals surface area contributed by atoms with E-state index in [4.69, 9.17) is 11.6 Å². The normalized spacial score (nSPS) is 12.6. The Bertz CT molecular complexity index is 556. The van der Waals surface area contributed by atoms with Gasteiger partial charge in [0.25, 0.3) is 0 Å². The minimum Gasteiger partial charge on any atom is -0.304 e. The van der Waals surface area contributed by atoms with Crippen LogP contribution < -0.4 is 5.32 Å². The maximum Gasteiger partial charge on any atom is 0.142 e. The zero-order chi connectivity index (χ0) is 13.8. The lowest BCUT2D eigenvalue weighted by Gasteiger charge is -2.11. The number of nitrogens with zero attached hydrogens (tertiary/aromatic N) is 1. The number of aryl methyl sites for hydroxylation is 1. The molecule has 2 nitrogen and oxygen atoms in total. The highest BCUT2D eigenvalue weighted by molar-refractivity contribution is 7.11. The Morgan fingerprint density at radius 2 is 2.26 bits per heavy atom. The van der Waals surface area contributed by atoms with Crippen LogP contribution in [0.5, 0.6) is 0 Å². The van der Waals surface area contributed by atoms with Crippen LogP contribution in [0, 0.1) is 5.82 Å². The molecule has 0 spiro atoms. The van der Waals surface area contributed by atoms with Gasteiger partial charge in [0, 0.05) is 17.6 Å². The molecule has 0 saturated carbocycles. The second-order valence-electron chi connectivity index (χ2n) is 4.37.